The van der Waals surface area contributed by atoms with Crippen molar-refractivity contribution in [3.8, 4) is 0 Å². The summed E-state index contributed by atoms with van der Waals surface area (Å²) in [5.41, 5.74) is 0. The van der Waals surface area contributed by atoms with Crippen molar-refractivity contribution in [1.82, 2.24) is 0 Å². The normalized spacial score (nSPS) is 17.1. The minimum atomic E-state index is -3.04. The lowest BCUT2D eigenvalue weighted by molar-refractivity contribution is -0.231. The molecule has 116 valence electrons. The van der Waals surface area contributed by atoms with E-state index in [0.29, 0.717) is 4.90 Å². The molecule has 0 aliphatic carbocycles. The quantitative estimate of drug-likeness (QED) is 0.388. The van der Waals surface area contributed by atoms with Crippen LogP contribution in [0, 0.1) is 3.57 Å². The van der Waals surface area contributed by atoms with Gasteiger partial charge < -0.3 is 9.47 Å². The van der Waals surface area contributed by atoms with Crippen molar-refractivity contribution in [2.75, 3.05) is 6.26 Å². The van der Waals surface area contributed by atoms with Crippen LogP contribution in [0.1, 0.15) is 20.3 Å². The Balaban J connectivity index is 0.000000211. The van der Waals surface area contributed by atoms with Gasteiger partial charge >= 0.3 is 11.9 Å². The first-order valence-corrected chi connectivity index (χ1v) is 8.86. The van der Waals surface area contributed by atoms with Crippen LogP contribution in [-0.4, -0.2) is 32.4 Å². The number of rotatable bonds is 1. The molecule has 6 nitrogen and oxygen atoms in total. The molecule has 1 aromatic carbocycles. The first-order chi connectivity index (χ1) is 9.51. The van der Waals surface area contributed by atoms with Gasteiger partial charge in [-0.05, 0) is 34.7 Å². The molecule has 0 bridgehead atoms. The Bertz CT molecular complexity index is 632. The lowest BCUT2D eigenvalue weighted by Gasteiger charge is -2.28. The zero-order chi connectivity index (χ0) is 16.3. The zero-order valence-corrected chi connectivity index (χ0v) is 14.7. The zero-order valence-electron chi connectivity index (χ0n) is 11.8. The minimum Gasteiger partial charge on any atom is -0.423 e. The largest absolute Gasteiger partial charge is 0.423 e. The molecule has 0 aromatic heterocycles. The van der Waals surface area contributed by atoms with Gasteiger partial charge in [0.1, 0.15) is 6.42 Å². The van der Waals surface area contributed by atoms with Crippen molar-refractivity contribution < 1.29 is 27.5 Å². The van der Waals surface area contributed by atoms with Crippen molar-refractivity contribution in [2.24, 2.45) is 0 Å². The van der Waals surface area contributed by atoms with Gasteiger partial charge in [0, 0.05) is 23.7 Å². The highest BCUT2D eigenvalue weighted by molar-refractivity contribution is 14.1. The molecule has 0 atom stereocenters. The molecule has 0 saturated carbocycles. The number of cyclic esters (lactones) is 2. The Kier molecular flexibility index (Phi) is 5.74. The number of halogens is 1. The average Bonchev–Trinajstić information content (AvgIpc) is 2.24. The van der Waals surface area contributed by atoms with Gasteiger partial charge in [-0.3, -0.25) is 9.59 Å². The molecule has 1 saturated heterocycles. The Morgan fingerprint density at radius 3 is 1.90 bits per heavy atom. The van der Waals surface area contributed by atoms with Gasteiger partial charge in [0.2, 0.25) is 0 Å². The van der Waals surface area contributed by atoms with Crippen molar-refractivity contribution in [3.63, 3.8) is 0 Å². The van der Waals surface area contributed by atoms with Crippen molar-refractivity contribution in [1.29, 1.82) is 0 Å². The van der Waals surface area contributed by atoms with Crippen LogP contribution in [0.5, 0.6) is 0 Å². The van der Waals surface area contributed by atoms with Crippen LogP contribution < -0.4 is 0 Å². The third-order valence-corrected chi connectivity index (χ3v) is 4.71. The number of hydrogen-bond donors (Lipinski definition) is 0. The number of sulfone groups is 1. The minimum absolute atomic E-state index is 0.274. The number of hydrogen-bond acceptors (Lipinski definition) is 6. The fourth-order valence-corrected chi connectivity index (χ4v) is 3.84. The Labute approximate surface area is 136 Å². The highest BCUT2D eigenvalue weighted by Crippen LogP contribution is 2.18. The van der Waals surface area contributed by atoms with Gasteiger partial charge in [-0.25, -0.2) is 8.42 Å². The van der Waals surface area contributed by atoms with Crippen LogP contribution in [0.2, 0.25) is 0 Å². The summed E-state index contributed by atoms with van der Waals surface area (Å²) in [7, 11) is -3.04. The molecule has 1 aliphatic heterocycles. The highest BCUT2D eigenvalue weighted by Gasteiger charge is 2.34. The molecule has 0 amide bonds. The first-order valence-electron chi connectivity index (χ1n) is 5.89. The molecular weight excluding hydrogens is 411 g/mol. The van der Waals surface area contributed by atoms with Crippen LogP contribution in [0.4, 0.5) is 0 Å². The Hall–Kier alpha value is -1.16. The lowest BCUT2D eigenvalue weighted by atomic mass is 10.3. The summed E-state index contributed by atoms with van der Waals surface area (Å²) in [5, 5.41) is 0. The maximum atomic E-state index is 11.0. The second-order valence-corrected chi connectivity index (χ2v) is 7.87. The van der Waals surface area contributed by atoms with E-state index in [9.17, 15) is 18.0 Å². The van der Waals surface area contributed by atoms with E-state index >= 15 is 0 Å². The van der Waals surface area contributed by atoms with Gasteiger partial charge in [-0.2, -0.15) is 0 Å². The van der Waals surface area contributed by atoms with E-state index < -0.39 is 27.6 Å². The smallest absolute Gasteiger partial charge is 0.320 e. The van der Waals surface area contributed by atoms with Gasteiger partial charge in [0.25, 0.3) is 5.79 Å². The van der Waals surface area contributed by atoms with E-state index in [2.05, 4.69) is 9.47 Å². The summed E-state index contributed by atoms with van der Waals surface area (Å²) in [4.78, 5) is 21.5. The van der Waals surface area contributed by atoms with Gasteiger partial charge in [-0.1, -0.05) is 12.1 Å². The van der Waals surface area contributed by atoms with Gasteiger partial charge in [0.15, 0.2) is 9.84 Å². The number of ether oxygens (including phenoxy) is 2. The molecule has 2 rings (SSSR count). The predicted molar refractivity (Wildman–Crippen MR) is 83.1 cm³/mol. The van der Waals surface area contributed by atoms with Crippen LogP contribution >= 0.6 is 22.6 Å². The monoisotopic (exact) mass is 426 g/mol. The summed E-state index contributed by atoms with van der Waals surface area (Å²) in [5.74, 6) is -2.13. The third-order valence-electron chi connectivity index (χ3n) is 2.24. The summed E-state index contributed by atoms with van der Waals surface area (Å²) >= 11 is 2.01. The molecule has 1 aliphatic rings. The SMILES string of the molecule is CC1(C)OC(=O)CC(=O)O1.CS(=O)(=O)c1ccccc1I. The van der Waals surface area contributed by atoms with Gasteiger partial charge in [-0.15, -0.1) is 0 Å². The summed E-state index contributed by atoms with van der Waals surface area (Å²) in [6.07, 6.45) is 0.938. The molecule has 0 N–H and O–H groups in total. The van der Waals surface area contributed by atoms with Crippen molar-refractivity contribution in [2.45, 2.75) is 31.0 Å². The summed E-state index contributed by atoms with van der Waals surface area (Å²) in [6, 6.07) is 6.92. The van der Waals surface area contributed by atoms with E-state index in [1.165, 1.54) is 20.1 Å². The number of esters is 2. The molecule has 8 heteroatoms. The fourth-order valence-electron chi connectivity index (χ4n) is 1.50. The second-order valence-electron chi connectivity index (χ2n) is 4.73. The molecule has 0 unspecified atom stereocenters. The molecule has 1 aromatic rings. The number of carbonyl (C=O) groups is 2. The number of benzene rings is 1. The molecule has 1 heterocycles. The fraction of sp³-hybridized carbons (Fsp3) is 0.385. The highest BCUT2D eigenvalue weighted by atomic mass is 127. The van der Waals surface area contributed by atoms with Crippen LogP contribution in [0.3, 0.4) is 0 Å². The van der Waals surface area contributed by atoms with Crippen molar-refractivity contribution in [3.05, 3.63) is 27.8 Å². The van der Waals surface area contributed by atoms with Crippen LogP contribution in [-0.2, 0) is 28.9 Å². The van der Waals surface area contributed by atoms with Gasteiger partial charge in [0.05, 0.1) is 4.90 Å². The molecule has 0 radical (unpaired) electrons. The Morgan fingerprint density at radius 2 is 1.57 bits per heavy atom. The maximum absolute atomic E-state index is 11.0. The third kappa shape index (κ3) is 6.00. The molecule has 1 fully saturated rings. The number of carbonyl (C=O) groups excluding carboxylic acids is 2. The lowest BCUT2D eigenvalue weighted by Crippen LogP contribution is -2.39. The standard InChI is InChI=1S/C7H7IO2S.C6H8O4/c1-11(9,10)7-5-3-2-4-6(7)8;1-6(2)9-4(7)3-5(8)10-6/h2-5H,1H3;3H2,1-2H3. The van der Waals surface area contributed by atoms with E-state index in [1.807, 2.05) is 28.7 Å². The van der Waals surface area contributed by atoms with E-state index in [1.54, 1.807) is 18.2 Å². The van der Waals surface area contributed by atoms with Crippen molar-refractivity contribution >= 4 is 44.4 Å². The first kappa shape index (κ1) is 17.9. The topological polar surface area (TPSA) is 86.7 Å². The summed E-state index contributed by atoms with van der Waals surface area (Å²) in [6.45, 7) is 3.03. The van der Waals surface area contributed by atoms with Crippen LogP contribution in [0.15, 0.2) is 29.2 Å². The molecule has 21 heavy (non-hydrogen) atoms. The van der Waals surface area contributed by atoms with E-state index in [4.69, 9.17) is 0 Å². The predicted octanol–water partition coefficient (Wildman–Crippen LogP) is 1.91. The van der Waals surface area contributed by atoms with E-state index in [-0.39, 0.29) is 6.42 Å². The van der Waals surface area contributed by atoms with Crippen LogP contribution in [0.25, 0.3) is 0 Å². The Morgan fingerprint density at radius 1 is 1.10 bits per heavy atom. The molecular formula is C13H15IO6S. The second kappa shape index (κ2) is 6.73. The maximum Gasteiger partial charge on any atom is 0.320 e. The average molecular weight is 426 g/mol. The summed E-state index contributed by atoms with van der Waals surface area (Å²) < 4.78 is 32.2. The van der Waals surface area contributed by atoms with E-state index in [0.717, 1.165) is 3.57 Å². The molecule has 0 spiro atoms.